The Balaban J connectivity index is 2.70. The third kappa shape index (κ3) is 5.91. The van der Waals surface area contributed by atoms with Gasteiger partial charge in [-0.2, -0.15) is 0 Å². The summed E-state index contributed by atoms with van der Waals surface area (Å²) < 4.78 is 0. The van der Waals surface area contributed by atoms with Crippen molar-refractivity contribution >= 4 is 40.8 Å². The molecule has 7 heteroatoms. The molecule has 0 aliphatic heterocycles. The largest absolute Gasteiger partial charge is 0.478 e. The molecule has 0 heterocycles. The van der Waals surface area contributed by atoms with Crippen LogP contribution in [0, 0.1) is 0 Å². The van der Waals surface area contributed by atoms with E-state index < -0.39 is 5.97 Å². The Labute approximate surface area is 133 Å². The van der Waals surface area contributed by atoms with Gasteiger partial charge in [-0.05, 0) is 25.1 Å². The number of aromatic carboxylic acids is 1. The molecule has 3 N–H and O–H groups in total. The van der Waals surface area contributed by atoms with E-state index in [0.29, 0.717) is 19.0 Å². The molecule has 0 radical (unpaired) electrons. The van der Waals surface area contributed by atoms with Crippen LogP contribution in [0.5, 0.6) is 0 Å². The van der Waals surface area contributed by atoms with Gasteiger partial charge in [-0.1, -0.05) is 37.0 Å². The molecular formula is C14H18Cl2N2O3. The summed E-state index contributed by atoms with van der Waals surface area (Å²) in [6, 6.07) is 3.01. The fourth-order valence-electron chi connectivity index (χ4n) is 1.71. The first-order valence-corrected chi connectivity index (χ1v) is 7.32. The monoisotopic (exact) mass is 332 g/mol. The molecule has 0 unspecified atom stereocenters. The number of hydrogen-bond donors (Lipinski definition) is 3. The molecule has 1 amide bonds. The van der Waals surface area contributed by atoms with Crippen molar-refractivity contribution in [2.75, 3.05) is 11.9 Å². The van der Waals surface area contributed by atoms with Crippen molar-refractivity contribution in [3.05, 3.63) is 27.7 Å². The maximum Gasteiger partial charge on any atom is 0.337 e. The SMILES string of the molecule is CC(C)NCCCC(=O)Nc1c(Cl)cc(Cl)cc1C(=O)O. The Morgan fingerprint density at radius 3 is 2.52 bits per heavy atom. The van der Waals surface area contributed by atoms with E-state index in [2.05, 4.69) is 10.6 Å². The van der Waals surface area contributed by atoms with Gasteiger partial charge < -0.3 is 15.7 Å². The Morgan fingerprint density at radius 2 is 1.95 bits per heavy atom. The van der Waals surface area contributed by atoms with Gasteiger partial charge in [0.15, 0.2) is 0 Å². The highest BCUT2D eigenvalue weighted by molar-refractivity contribution is 6.37. The van der Waals surface area contributed by atoms with Crippen molar-refractivity contribution < 1.29 is 14.7 Å². The summed E-state index contributed by atoms with van der Waals surface area (Å²) in [5.74, 6) is -1.48. The second-order valence-corrected chi connectivity index (χ2v) is 5.72. The van der Waals surface area contributed by atoms with Gasteiger partial charge >= 0.3 is 5.97 Å². The molecule has 0 atom stereocenters. The van der Waals surface area contributed by atoms with E-state index in [1.54, 1.807) is 0 Å². The molecular weight excluding hydrogens is 315 g/mol. The van der Waals surface area contributed by atoms with E-state index in [-0.39, 0.29) is 33.6 Å². The molecule has 0 spiro atoms. The van der Waals surface area contributed by atoms with Crippen LogP contribution in [-0.2, 0) is 4.79 Å². The van der Waals surface area contributed by atoms with Crippen molar-refractivity contribution in [3.8, 4) is 0 Å². The van der Waals surface area contributed by atoms with Crippen LogP contribution in [0.15, 0.2) is 12.1 Å². The molecule has 0 aliphatic carbocycles. The smallest absolute Gasteiger partial charge is 0.337 e. The van der Waals surface area contributed by atoms with Crippen molar-refractivity contribution in [2.45, 2.75) is 32.7 Å². The number of carboxylic acid groups (broad SMARTS) is 1. The Bertz CT molecular complexity index is 533. The Kier molecular flexibility index (Phi) is 6.95. The average molecular weight is 333 g/mol. The first-order chi connectivity index (χ1) is 9.81. The molecule has 21 heavy (non-hydrogen) atoms. The van der Waals surface area contributed by atoms with Gasteiger partial charge in [0.25, 0.3) is 0 Å². The zero-order chi connectivity index (χ0) is 16.0. The van der Waals surface area contributed by atoms with E-state index in [1.165, 1.54) is 12.1 Å². The number of benzene rings is 1. The number of halogens is 2. The molecule has 1 aromatic carbocycles. The van der Waals surface area contributed by atoms with Crippen LogP contribution in [0.4, 0.5) is 5.69 Å². The molecule has 1 rings (SSSR count). The second kappa shape index (κ2) is 8.22. The highest BCUT2D eigenvalue weighted by Crippen LogP contribution is 2.30. The lowest BCUT2D eigenvalue weighted by atomic mass is 10.1. The summed E-state index contributed by atoms with van der Waals surface area (Å²) in [5, 5.41) is 15.2. The van der Waals surface area contributed by atoms with E-state index in [9.17, 15) is 9.59 Å². The first kappa shape index (κ1) is 17.8. The van der Waals surface area contributed by atoms with Crippen LogP contribution < -0.4 is 10.6 Å². The topological polar surface area (TPSA) is 78.4 Å². The highest BCUT2D eigenvalue weighted by Gasteiger charge is 2.17. The number of rotatable bonds is 7. The molecule has 0 bridgehead atoms. The predicted octanol–water partition coefficient (Wildman–Crippen LogP) is 3.41. The van der Waals surface area contributed by atoms with Gasteiger partial charge in [0.2, 0.25) is 5.91 Å². The predicted molar refractivity (Wildman–Crippen MR) is 84.4 cm³/mol. The third-order valence-corrected chi connectivity index (χ3v) is 3.20. The maximum absolute atomic E-state index is 11.8. The van der Waals surface area contributed by atoms with Gasteiger partial charge in [0, 0.05) is 17.5 Å². The number of carbonyl (C=O) groups is 2. The van der Waals surface area contributed by atoms with Crippen LogP contribution in [0.3, 0.4) is 0 Å². The first-order valence-electron chi connectivity index (χ1n) is 6.57. The molecule has 116 valence electrons. The van der Waals surface area contributed by atoms with Crippen LogP contribution in [0.2, 0.25) is 10.0 Å². The van der Waals surface area contributed by atoms with Gasteiger partial charge in [-0.3, -0.25) is 4.79 Å². The summed E-state index contributed by atoms with van der Waals surface area (Å²) in [5.41, 5.74) is -0.0449. The number of anilines is 1. The lowest BCUT2D eigenvalue weighted by molar-refractivity contribution is -0.116. The van der Waals surface area contributed by atoms with Crippen molar-refractivity contribution in [1.29, 1.82) is 0 Å². The minimum Gasteiger partial charge on any atom is -0.478 e. The number of hydrogen-bond acceptors (Lipinski definition) is 3. The minimum absolute atomic E-state index is 0.0791. The minimum atomic E-state index is -1.20. The standard InChI is InChI=1S/C14H18Cl2N2O3/c1-8(2)17-5-3-4-12(19)18-13-10(14(20)21)6-9(15)7-11(13)16/h6-8,17H,3-5H2,1-2H3,(H,18,19)(H,20,21). The summed E-state index contributed by atoms with van der Waals surface area (Å²) in [6.07, 6.45) is 0.926. The maximum atomic E-state index is 11.8. The lowest BCUT2D eigenvalue weighted by Gasteiger charge is -2.12. The van der Waals surface area contributed by atoms with E-state index >= 15 is 0 Å². The number of nitrogens with one attached hydrogen (secondary N) is 2. The van der Waals surface area contributed by atoms with Gasteiger partial charge in [0.1, 0.15) is 0 Å². The Hall–Kier alpha value is -1.30. The zero-order valence-corrected chi connectivity index (χ0v) is 13.4. The number of carboxylic acids is 1. The van der Waals surface area contributed by atoms with Gasteiger partial charge in [0.05, 0.1) is 16.3 Å². The highest BCUT2D eigenvalue weighted by atomic mass is 35.5. The quantitative estimate of drug-likeness (QED) is 0.668. The van der Waals surface area contributed by atoms with E-state index in [1.807, 2.05) is 13.8 Å². The summed E-state index contributed by atoms with van der Waals surface area (Å²) in [6.45, 7) is 4.75. The fourth-order valence-corrected chi connectivity index (χ4v) is 2.25. The average Bonchev–Trinajstić information content (AvgIpc) is 2.37. The molecule has 0 saturated carbocycles. The summed E-state index contributed by atoms with van der Waals surface area (Å²) in [4.78, 5) is 23.0. The third-order valence-electron chi connectivity index (χ3n) is 2.68. The number of amides is 1. The van der Waals surface area contributed by atoms with Crippen molar-refractivity contribution in [1.82, 2.24) is 5.32 Å². The van der Waals surface area contributed by atoms with Crippen LogP contribution >= 0.6 is 23.2 Å². The molecule has 0 aliphatic rings. The normalized spacial score (nSPS) is 10.7. The zero-order valence-electron chi connectivity index (χ0n) is 11.9. The van der Waals surface area contributed by atoms with Gasteiger partial charge in [-0.25, -0.2) is 4.79 Å². The molecule has 1 aromatic rings. The molecule has 0 aromatic heterocycles. The Morgan fingerprint density at radius 1 is 1.29 bits per heavy atom. The lowest BCUT2D eigenvalue weighted by Crippen LogP contribution is -2.25. The fraction of sp³-hybridized carbons (Fsp3) is 0.429. The summed E-state index contributed by atoms with van der Waals surface area (Å²) >= 11 is 11.7. The number of carbonyl (C=O) groups excluding carboxylic acids is 1. The molecule has 5 nitrogen and oxygen atoms in total. The molecule has 0 saturated heterocycles. The van der Waals surface area contributed by atoms with Crippen LogP contribution in [-0.4, -0.2) is 29.6 Å². The van der Waals surface area contributed by atoms with Crippen molar-refractivity contribution in [3.63, 3.8) is 0 Å². The molecule has 0 fully saturated rings. The second-order valence-electron chi connectivity index (χ2n) is 4.88. The van der Waals surface area contributed by atoms with Crippen molar-refractivity contribution in [2.24, 2.45) is 0 Å². The summed E-state index contributed by atoms with van der Waals surface area (Å²) in [7, 11) is 0. The van der Waals surface area contributed by atoms with Gasteiger partial charge in [-0.15, -0.1) is 0 Å². The van der Waals surface area contributed by atoms with E-state index in [4.69, 9.17) is 28.3 Å². The van der Waals surface area contributed by atoms with E-state index in [0.717, 1.165) is 0 Å². The van der Waals surface area contributed by atoms with Crippen LogP contribution in [0.1, 0.15) is 37.0 Å². The van der Waals surface area contributed by atoms with Crippen LogP contribution in [0.25, 0.3) is 0 Å².